The summed E-state index contributed by atoms with van der Waals surface area (Å²) in [5.74, 6) is 2.27. The van der Waals surface area contributed by atoms with E-state index in [9.17, 15) is 4.79 Å². The largest absolute Gasteiger partial charge is 0.493 e. The van der Waals surface area contributed by atoms with Gasteiger partial charge in [0.15, 0.2) is 23.7 Å². The predicted octanol–water partition coefficient (Wildman–Crippen LogP) is 4.99. The van der Waals surface area contributed by atoms with Gasteiger partial charge in [-0.05, 0) is 61.9 Å². The Kier molecular flexibility index (Phi) is 6.55. The number of piperidine rings is 1. The molecule has 3 aromatic rings. The number of likely N-dealkylation sites (tertiary alicyclic amines) is 1. The molecular weight excluding hydrogens is 392 g/mol. The number of benzene rings is 2. The van der Waals surface area contributed by atoms with E-state index in [2.05, 4.69) is 11.1 Å². The van der Waals surface area contributed by atoms with Crippen LogP contribution in [0.2, 0.25) is 0 Å². The van der Waals surface area contributed by atoms with Crippen LogP contribution >= 0.6 is 0 Å². The molecule has 31 heavy (non-hydrogen) atoms. The minimum atomic E-state index is 0.0983. The summed E-state index contributed by atoms with van der Waals surface area (Å²) < 4.78 is 16.1. The highest BCUT2D eigenvalue weighted by molar-refractivity contribution is 5.95. The van der Waals surface area contributed by atoms with E-state index in [-0.39, 0.29) is 11.9 Å². The smallest absolute Gasteiger partial charge is 0.254 e. The molecule has 0 radical (unpaired) electrons. The van der Waals surface area contributed by atoms with Gasteiger partial charge >= 0.3 is 0 Å². The van der Waals surface area contributed by atoms with Crippen LogP contribution in [0.4, 0.5) is 0 Å². The summed E-state index contributed by atoms with van der Waals surface area (Å²) in [6.07, 6.45) is 8.14. The van der Waals surface area contributed by atoms with Gasteiger partial charge in [-0.2, -0.15) is 0 Å². The van der Waals surface area contributed by atoms with Crippen molar-refractivity contribution in [3.63, 3.8) is 0 Å². The quantitative estimate of drug-likeness (QED) is 0.539. The zero-order chi connectivity index (χ0) is 21.6. The molecule has 1 atom stereocenters. The Morgan fingerprint density at radius 3 is 2.61 bits per heavy atom. The Morgan fingerprint density at radius 1 is 1.10 bits per heavy atom. The first-order valence-corrected chi connectivity index (χ1v) is 10.7. The SMILES string of the molecule is COc1ccc(CCC2CCCCN2C(=O)c2ccc(-c3cnco3)cc2)cc1OC. The highest BCUT2D eigenvalue weighted by Gasteiger charge is 2.27. The number of aromatic nitrogens is 1. The Labute approximate surface area is 182 Å². The van der Waals surface area contributed by atoms with Crippen LogP contribution in [0.15, 0.2) is 59.5 Å². The first-order chi connectivity index (χ1) is 15.2. The molecule has 0 spiro atoms. The Hall–Kier alpha value is -3.28. The zero-order valence-corrected chi connectivity index (χ0v) is 18.0. The van der Waals surface area contributed by atoms with E-state index < -0.39 is 0 Å². The molecule has 1 amide bonds. The van der Waals surface area contributed by atoms with E-state index in [1.807, 2.05) is 41.3 Å². The molecular formula is C25H28N2O4. The standard InChI is InChI=1S/C25H28N2O4/c1-29-22-13-7-18(15-23(22)30-2)6-12-21-5-3-4-14-27(21)25(28)20-10-8-19(9-11-20)24-16-26-17-31-24/h7-11,13,15-17,21H,3-6,12,14H2,1-2H3. The summed E-state index contributed by atoms with van der Waals surface area (Å²) in [4.78, 5) is 19.3. The first kappa shape index (κ1) is 21.0. The molecule has 1 aromatic heterocycles. The van der Waals surface area contributed by atoms with Crippen molar-refractivity contribution in [1.29, 1.82) is 0 Å². The fraction of sp³-hybridized carbons (Fsp3) is 0.360. The van der Waals surface area contributed by atoms with Gasteiger partial charge in [0.05, 0.1) is 20.4 Å². The van der Waals surface area contributed by atoms with Crippen molar-refractivity contribution in [3.05, 3.63) is 66.2 Å². The van der Waals surface area contributed by atoms with E-state index in [0.29, 0.717) is 11.3 Å². The van der Waals surface area contributed by atoms with Crippen molar-refractivity contribution >= 4 is 5.91 Å². The number of carbonyl (C=O) groups excluding carboxylic acids is 1. The summed E-state index contributed by atoms with van der Waals surface area (Å²) in [5, 5.41) is 0. The molecule has 0 N–H and O–H groups in total. The van der Waals surface area contributed by atoms with Crippen LogP contribution in [-0.4, -0.2) is 42.6 Å². The zero-order valence-electron chi connectivity index (χ0n) is 18.0. The number of nitrogens with zero attached hydrogens (tertiary/aromatic N) is 2. The van der Waals surface area contributed by atoms with E-state index in [0.717, 1.165) is 55.7 Å². The lowest BCUT2D eigenvalue weighted by Crippen LogP contribution is -2.44. The summed E-state index contributed by atoms with van der Waals surface area (Å²) in [6.45, 7) is 0.805. The van der Waals surface area contributed by atoms with Gasteiger partial charge in [0.25, 0.3) is 5.91 Å². The number of methoxy groups -OCH3 is 2. The van der Waals surface area contributed by atoms with Crippen LogP contribution in [-0.2, 0) is 6.42 Å². The molecule has 1 aliphatic heterocycles. The predicted molar refractivity (Wildman–Crippen MR) is 118 cm³/mol. The van der Waals surface area contributed by atoms with Gasteiger partial charge in [-0.3, -0.25) is 4.79 Å². The molecule has 4 rings (SSSR count). The lowest BCUT2D eigenvalue weighted by molar-refractivity contribution is 0.0602. The van der Waals surface area contributed by atoms with Gasteiger partial charge in [0.1, 0.15) is 0 Å². The van der Waals surface area contributed by atoms with Gasteiger partial charge in [-0.15, -0.1) is 0 Å². The number of ether oxygens (including phenoxy) is 2. The Bertz CT molecular complexity index is 999. The minimum Gasteiger partial charge on any atom is -0.493 e. The molecule has 6 heteroatoms. The second kappa shape index (κ2) is 9.69. The number of amides is 1. The summed E-state index contributed by atoms with van der Waals surface area (Å²) in [6, 6.07) is 13.8. The fourth-order valence-electron chi connectivity index (χ4n) is 4.24. The molecule has 0 saturated carbocycles. The molecule has 1 fully saturated rings. The monoisotopic (exact) mass is 420 g/mol. The van der Waals surface area contributed by atoms with Crippen LogP contribution in [0.5, 0.6) is 11.5 Å². The normalized spacial score (nSPS) is 16.2. The highest BCUT2D eigenvalue weighted by atomic mass is 16.5. The van der Waals surface area contributed by atoms with Crippen molar-refractivity contribution in [2.75, 3.05) is 20.8 Å². The average molecular weight is 421 g/mol. The van der Waals surface area contributed by atoms with Crippen LogP contribution < -0.4 is 9.47 Å². The van der Waals surface area contributed by atoms with E-state index >= 15 is 0 Å². The molecule has 0 bridgehead atoms. The molecule has 2 aromatic carbocycles. The molecule has 1 unspecified atom stereocenters. The number of oxazole rings is 1. The van der Waals surface area contributed by atoms with Crippen LogP contribution in [0, 0.1) is 0 Å². The molecule has 1 saturated heterocycles. The van der Waals surface area contributed by atoms with Crippen molar-refractivity contribution in [2.24, 2.45) is 0 Å². The van der Waals surface area contributed by atoms with Crippen molar-refractivity contribution in [2.45, 2.75) is 38.1 Å². The summed E-state index contributed by atoms with van der Waals surface area (Å²) in [5.41, 5.74) is 2.81. The van der Waals surface area contributed by atoms with Gasteiger partial charge in [-0.25, -0.2) is 4.98 Å². The van der Waals surface area contributed by atoms with Crippen molar-refractivity contribution in [1.82, 2.24) is 9.88 Å². The number of hydrogen-bond acceptors (Lipinski definition) is 5. The van der Waals surface area contributed by atoms with Crippen LogP contribution in [0.3, 0.4) is 0 Å². The number of aryl methyl sites for hydroxylation is 1. The van der Waals surface area contributed by atoms with Crippen molar-refractivity contribution < 1.29 is 18.7 Å². The molecule has 162 valence electrons. The maximum absolute atomic E-state index is 13.3. The first-order valence-electron chi connectivity index (χ1n) is 10.7. The Morgan fingerprint density at radius 2 is 1.90 bits per heavy atom. The summed E-state index contributed by atoms with van der Waals surface area (Å²) >= 11 is 0. The highest BCUT2D eigenvalue weighted by Crippen LogP contribution is 2.30. The van der Waals surface area contributed by atoms with Gasteiger partial charge in [0, 0.05) is 23.7 Å². The molecule has 2 heterocycles. The van der Waals surface area contributed by atoms with Crippen LogP contribution in [0.1, 0.15) is 41.6 Å². The molecule has 0 aliphatic carbocycles. The fourth-order valence-corrected chi connectivity index (χ4v) is 4.24. The van der Waals surface area contributed by atoms with E-state index in [1.165, 1.54) is 12.0 Å². The maximum atomic E-state index is 13.3. The Balaban J connectivity index is 1.44. The molecule has 1 aliphatic rings. The van der Waals surface area contributed by atoms with Crippen molar-refractivity contribution in [3.8, 4) is 22.8 Å². The average Bonchev–Trinajstić information content (AvgIpc) is 3.37. The van der Waals surface area contributed by atoms with Gasteiger partial charge in [-0.1, -0.05) is 18.2 Å². The summed E-state index contributed by atoms with van der Waals surface area (Å²) in [7, 11) is 3.29. The maximum Gasteiger partial charge on any atom is 0.254 e. The van der Waals surface area contributed by atoms with Gasteiger partial charge < -0.3 is 18.8 Å². The second-order valence-corrected chi connectivity index (χ2v) is 7.82. The third-order valence-electron chi connectivity index (χ3n) is 5.95. The lowest BCUT2D eigenvalue weighted by atomic mass is 9.94. The third-order valence-corrected chi connectivity index (χ3v) is 5.95. The van der Waals surface area contributed by atoms with Gasteiger partial charge in [0.2, 0.25) is 0 Å². The third kappa shape index (κ3) is 4.74. The number of rotatable bonds is 7. The van der Waals surface area contributed by atoms with Crippen LogP contribution in [0.25, 0.3) is 11.3 Å². The second-order valence-electron chi connectivity index (χ2n) is 7.82. The minimum absolute atomic E-state index is 0.0983. The van der Waals surface area contributed by atoms with E-state index in [4.69, 9.17) is 13.9 Å². The number of hydrogen-bond donors (Lipinski definition) is 0. The number of carbonyl (C=O) groups is 1. The molecule has 6 nitrogen and oxygen atoms in total. The van der Waals surface area contributed by atoms with E-state index in [1.54, 1.807) is 20.4 Å². The topological polar surface area (TPSA) is 64.8 Å². The lowest BCUT2D eigenvalue weighted by Gasteiger charge is -2.36.